The molecule has 2 heterocycles. The van der Waals surface area contributed by atoms with Crippen LogP contribution in [0.25, 0.3) is 10.9 Å². The van der Waals surface area contributed by atoms with Gasteiger partial charge in [0.05, 0.1) is 17.3 Å². The van der Waals surface area contributed by atoms with E-state index in [-0.39, 0.29) is 12.4 Å². The van der Waals surface area contributed by atoms with Crippen molar-refractivity contribution in [2.75, 3.05) is 6.54 Å². The maximum atomic E-state index is 4.63. The van der Waals surface area contributed by atoms with Crippen molar-refractivity contribution in [2.24, 2.45) is 0 Å². The van der Waals surface area contributed by atoms with Crippen LogP contribution in [-0.2, 0) is 0 Å². The summed E-state index contributed by atoms with van der Waals surface area (Å²) in [4.78, 5) is 4.63. The molecule has 0 spiro atoms. The molecule has 1 aliphatic heterocycles. The average Bonchev–Trinajstić information content (AvgIpc) is 2.15. The molecule has 3 rings (SSSR count). The Morgan fingerprint density at radius 1 is 1.13 bits per heavy atom. The molecule has 0 saturated carbocycles. The van der Waals surface area contributed by atoms with E-state index in [1.807, 2.05) is 12.1 Å². The summed E-state index contributed by atoms with van der Waals surface area (Å²) in [7, 11) is 0. The standard InChI is InChI=1S/C12H12N2.ClH/c1-2-4-10-9(3-1)5-6-12(14-10)11-7-8-13-11;/h1-6,11,13H,7-8H2;1H. The second-order valence-electron chi connectivity index (χ2n) is 3.72. The third kappa shape index (κ3) is 1.83. The van der Waals surface area contributed by atoms with E-state index in [1.165, 1.54) is 17.5 Å². The van der Waals surface area contributed by atoms with Crippen LogP contribution in [0.1, 0.15) is 18.2 Å². The quantitative estimate of drug-likeness (QED) is 0.800. The summed E-state index contributed by atoms with van der Waals surface area (Å²) in [6, 6.07) is 13.0. The molecule has 1 atom stereocenters. The number of para-hydroxylation sites is 1. The molecule has 15 heavy (non-hydrogen) atoms. The highest BCUT2D eigenvalue weighted by molar-refractivity contribution is 5.85. The number of pyridine rings is 1. The van der Waals surface area contributed by atoms with Crippen molar-refractivity contribution in [3.8, 4) is 0 Å². The number of benzene rings is 1. The highest BCUT2D eigenvalue weighted by Crippen LogP contribution is 2.22. The van der Waals surface area contributed by atoms with Gasteiger partial charge < -0.3 is 5.32 Å². The van der Waals surface area contributed by atoms with E-state index in [2.05, 4.69) is 34.6 Å². The number of rotatable bonds is 1. The number of halogens is 1. The molecule has 0 radical (unpaired) electrons. The van der Waals surface area contributed by atoms with Gasteiger partial charge in [-0.05, 0) is 25.1 Å². The fourth-order valence-electron chi connectivity index (χ4n) is 1.82. The summed E-state index contributed by atoms with van der Waals surface area (Å²) < 4.78 is 0. The Morgan fingerprint density at radius 3 is 2.67 bits per heavy atom. The van der Waals surface area contributed by atoms with Gasteiger partial charge in [0, 0.05) is 5.39 Å². The smallest absolute Gasteiger partial charge is 0.0706 e. The van der Waals surface area contributed by atoms with Crippen molar-refractivity contribution < 1.29 is 0 Å². The molecule has 1 N–H and O–H groups in total. The summed E-state index contributed by atoms with van der Waals surface area (Å²) in [5.41, 5.74) is 2.27. The van der Waals surface area contributed by atoms with Gasteiger partial charge in [0.15, 0.2) is 0 Å². The lowest BCUT2D eigenvalue weighted by Crippen LogP contribution is -2.35. The molecule has 1 aromatic carbocycles. The average molecular weight is 221 g/mol. The van der Waals surface area contributed by atoms with Gasteiger partial charge in [0.1, 0.15) is 0 Å². The van der Waals surface area contributed by atoms with Gasteiger partial charge in [0.25, 0.3) is 0 Å². The number of hydrogen-bond acceptors (Lipinski definition) is 2. The Morgan fingerprint density at radius 2 is 1.93 bits per heavy atom. The zero-order chi connectivity index (χ0) is 9.38. The van der Waals surface area contributed by atoms with E-state index < -0.39 is 0 Å². The normalized spacial score (nSPS) is 19.3. The highest BCUT2D eigenvalue weighted by atomic mass is 35.5. The molecule has 1 aliphatic rings. The van der Waals surface area contributed by atoms with E-state index in [4.69, 9.17) is 0 Å². The Balaban J connectivity index is 0.000000853. The van der Waals surface area contributed by atoms with Gasteiger partial charge in [0.2, 0.25) is 0 Å². The van der Waals surface area contributed by atoms with Gasteiger partial charge in [-0.1, -0.05) is 24.3 Å². The molecular formula is C12H13ClN2. The molecule has 1 fully saturated rings. The number of nitrogens with one attached hydrogen (secondary N) is 1. The third-order valence-corrected chi connectivity index (χ3v) is 2.80. The lowest BCUT2D eigenvalue weighted by Gasteiger charge is -2.27. The van der Waals surface area contributed by atoms with E-state index in [1.54, 1.807) is 0 Å². The molecule has 1 unspecified atom stereocenters. The van der Waals surface area contributed by atoms with Crippen LogP contribution in [-0.4, -0.2) is 11.5 Å². The largest absolute Gasteiger partial charge is 0.309 e. The van der Waals surface area contributed by atoms with E-state index in [9.17, 15) is 0 Å². The van der Waals surface area contributed by atoms with E-state index in [0.717, 1.165) is 12.1 Å². The highest BCUT2D eigenvalue weighted by Gasteiger charge is 2.19. The molecular weight excluding hydrogens is 208 g/mol. The van der Waals surface area contributed by atoms with Crippen molar-refractivity contribution in [3.63, 3.8) is 0 Å². The van der Waals surface area contributed by atoms with Crippen molar-refractivity contribution in [2.45, 2.75) is 12.5 Å². The molecule has 3 heteroatoms. The van der Waals surface area contributed by atoms with Crippen LogP contribution < -0.4 is 5.32 Å². The Labute approximate surface area is 95.1 Å². The van der Waals surface area contributed by atoms with Crippen LogP contribution in [0.4, 0.5) is 0 Å². The van der Waals surface area contributed by atoms with Crippen LogP contribution in [0.5, 0.6) is 0 Å². The molecule has 78 valence electrons. The molecule has 1 aromatic heterocycles. The van der Waals surface area contributed by atoms with Gasteiger partial charge in [-0.2, -0.15) is 0 Å². The molecule has 2 nitrogen and oxygen atoms in total. The lowest BCUT2D eigenvalue weighted by atomic mass is 10.0. The van der Waals surface area contributed by atoms with Crippen LogP contribution in [0.3, 0.4) is 0 Å². The predicted molar refractivity (Wildman–Crippen MR) is 64.4 cm³/mol. The number of fused-ring (bicyclic) bond motifs is 1. The number of nitrogens with zero attached hydrogens (tertiary/aromatic N) is 1. The first-order valence-corrected chi connectivity index (χ1v) is 5.02. The molecule has 0 aliphatic carbocycles. The SMILES string of the molecule is Cl.c1ccc2nc(C3CCN3)ccc2c1. The fourth-order valence-corrected chi connectivity index (χ4v) is 1.82. The first-order valence-electron chi connectivity index (χ1n) is 5.02. The summed E-state index contributed by atoms with van der Waals surface area (Å²) in [6.45, 7) is 1.12. The van der Waals surface area contributed by atoms with E-state index in [0.29, 0.717) is 6.04 Å². The van der Waals surface area contributed by atoms with Crippen LogP contribution in [0.15, 0.2) is 36.4 Å². The minimum Gasteiger partial charge on any atom is -0.309 e. The zero-order valence-corrected chi connectivity index (χ0v) is 9.13. The van der Waals surface area contributed by atoms with E-state index >= 15 is 0 Å². The zero-order valence-electron chi connectivity index (χ0n) is 8.31. The number of aromatic nitrogens is 1. The van der Waals surface area contributed by atoms with Crippen molar-refractivity contribution in [1.82, 2.24) is 10.3 Å². The first-order chi connectivity index (χ1) is 6.93. The van der Waals surface area contributed by atoms with Gasteiger partial charge in [-0.15, -0.1) is 12.4 Å². The van der Waals surface area contributed by atoms with Gasteiger partial charge >= 0.3 is 0 Å². The van der Waals surface area contributed by atoms with Crippen molar-refractivity contribution in [1.29, 1.82) is 0 Å². The van der Waals surface area contributed by atoms with Gasteiger partial charge in [-0.3, -0.25) is 4.98 Å². The minimum absolute atomic E-state index is 0. The predicted octanol–water partition coefficient (Wildman–Crippen LogP) is 2.69. The van der Waals surface area contributed by atoms with Crippen molar-refractivity contribution >= 4 is 23.3 Å². The summed E-state index contributed by atoms with van der Waals surface area (Å²) in [5, 5.41) is 4.58. The fraction of sp³-hybridized carbons (Fsp3) is 0.250. The minimum atomic E-state index is 0. The van der Waals surface area contributed by atoms with Crippen LogP contribution >= 0.6 is 12.4 Å². The lowest BCUT2D eigenvalue weighted by molar-refractivity contribution is 0.376. The Kier molecular flexibility index (Phi) is 2.89. The monoisotopic (exact) mass is 220 g/mol. The van der Waals surface area contributed by atoms with Gasteiger partial charge in [-0.25, -0.2) is 0 Å². The maximum absolute atomic E-state index is 4.63. The first kappa shape index (κ1) is 10.4. The summed E-state index contributed by atoms with van der Waals surface area (Å²) in [5.74, 6) is 0. The number of hydrogen-bond donors (Lipinski definition) is 1. The molecule has 0 amide bonds. The Bertz CT molecular complexity index is 466. The molecule has 1 saturated heterocycles. The Hall–Kier alpha value is -1.12. The summed E-state index contributed by atoms with van der Waals surface area (Å²) in [6.07, 6.45) is 1.21. The molecule has 0 bridgehead atoms. The topological polar surface area (TPSA) is 24.9 Å². The summed E-state index contributed by atoms with van der Waals surface area (Å²) >= 11 is 0. The second-order valence-corrected chi connectivity index (χ2v) is 3.72. The molecule has 2 aromatic rings. The van der Waals surface area contributed by atoms with Crippen LogP contribution in [0, 0.1) is 0 Å². The maximum Gasteiger partial charge on any atom is 0.0706 e. The second kappa shape index (κ2) is 4.17. The third-order valence-electron chi connectivity index (χ3n) is 2.80. The van der Waals surface area contributed by atoms with Crippen molar-refractivity contribution in [3.05, 3.63) is 42.1 Å². The van der Waals surface area contributed by atoms with Crippen LogP contribution in [0.2, 0.25) is 0 Å².